The number of nitro benzene ring substituents is 2. The Hall–Kier alpha value is -10.8. The lowest BCUT2D eigenvalue weighted by molar-refractivity contribution is -0.393. The maximum Gasteiger partial charge on any atom is 0.338 e. The van der Waals surface area contributed by atoms with Crippen LogP contribution < -0.4 is 87.8 Å². The molecule has 0 fully saturated rings. The Kier molecular flexibility index (Phi) is 20.0. The van der Waals surface area contributed by atoms with Crippen molar-refractivity contribution in [2.45, 2.75) is 43.3 Å². The van der Waals surface area contributed by atoms with Crippen LogP contribution >= 0.6 is 0 Å². The van der Waals surface area contributed by atoms with E-state index < -0.39 is 153 Å². The number of carboxylic acid groups (broad SMARTS) is 1. The summed E-state index contributed by atoms with van der Waals surface area (Å²) >= 11 is 0. The number of ether oxygens (including phenoxy) is 1. The van der Waals surface area contributed by atoms with Gasteiger partial charge in [-0.25, -0.2) is 24.8 Å². The van der Waals surface area contributed by atoms with E-state index in [1.165, 1.54) is 49.6 Å². The van der Waals surface area contributed by atoms with Crippen molar-refractivity contribution < 1.29 is 63.5 Å². The van der Waals surface area contributed by atoms with Crippen LogP contribution in [0.25, 0.3) is 0 Å². The van der Waals surface area contributed by atoms with Crippen molar-refractivity contribution in [1.29, 1.82) is 0 Å². The molecule has 0 spiro atoms. The zero-order valence-corrected chi connectivity index (χ0v) is 38.2. The molecule has 0 aliphatic rings. The average Bonchev–Trinajstić information content (AvgIpc) is 3.31. The summed E-state index contributed by atoms with van der Waals surface area (Å²) in [5, 5.41) is 66.6. The lowest BCUT2D eigenvalue weighted by atomic mass is 10.0. The standard InChI is InChI=1S/C38H49N21O15/c1-74-17-7-8-21(61)15(9-17)12-57(23-18(34(68)69)10-16(58(70)71)11-19(23)59(72)73)20(13-60)29(63)48-22(14-5-3-2-4-6-14)30(64)50-26(54-36(42)43)32(66)52-28(56-38(46)47)33(67)51-27(55-37(44)45)31(65)49-25(24(39)62)53-35(40)41/h2-11,20,22,25-28,60-61H,12-13H2,1H3,(H2,39,62)(H,48,63)(H,49,65)(H,50,64)(H,51,67)(H,52,66)(H,68,69)(H4,40,41,53)(H4,42,43,54)(H4,44,45,55)(H4,46,47,56). The molecule has 0 radical (unpaired) electrons. The van der Waals surface area contributed by atoms with Crippen molar-refractivity contribution in [1.82, 2.24) is 26.6 Å². The Balaban J connectivity index is 2.14. The molecule has 3 aromatic rings. The van der Waals surface area contributed by atoms with Gasteiger partial charge in [0.2, 0.25) is 36.5 Å². The number of non-ortho nitro benzene ring substituents is 1. The molecule has 396 valence electrons. The second-order valence-electron chi connectivity index (χ2n) is 14.6. The number of hydrogen-bond donors (Lipinski definition) is 17. The summed E-state index contributed by atoms with van der Waals surface area (Å²) in [5.74, 6) is -14.2. The highest BCUT2D eigenvalue weighted by molar-refractivity contribution is 6.02. The van der Waals surface area contributed by atoms with Gasteiger partial charge in [0.1, 0.15) is 29.3 Å². The number of nitrogens with two attached hydrogens (primary N) is 9. The van der Waals surface area contributed by atoms with Crippen LogP contribution in [0.3, 0.4) is 0 Å². The van der Waals surface area contributed by atoms with Crippen molar-refractivity contribution in [2.75, 3.05) is 18.6 Å². The highest BCUT2D eigenvalue weighted by Crippen LogP contribution is 2.39. The van der Waals surface area contributed by atoms with Crippen LogP contribution in [0.15, 0.2) is 80.6 Å². The number of guanidine groups is 4. The number of aliphatic imine (C=N–C) groups is 4. The highest BCUT2D eigenvalue weighted by atomic mass is 16.6. The number of aromatic hydroxyl groups is 1. The number of phenols is 1. The summed E-state index contributed by atoms with van der Waals surface area (Å²) in [5.41, 5.74) is 43.9. The van der Waals surface area contributed by atoms with Crippen molar-refractivity contribution in [2.24, 2.45) is 71.6 Å². The second-order valence-corrected chi connectivity index (χ2v) is 14.6. The Labute approximate surface area is 414 Å². The number of rotatable bonds is 25. The zero-order chi connectivity index (χ0) is 55.7. The first-order valence-electron chi connectivity index (χ1n) is 20.3. The van der Waals surface area contributed by atoms with Crippen LogP contribution in [0, 0.1) is 20.2 Å². The van der Waals surface area contributed by atoms with E-state index in [0.717, 1.165) is 6.07 Å². The summed E-state index contributed by atoms with van der Waals surface area (Å²) in [6.07, 6.45) is -8.66. The normalized spacial score (nSPS) is 12.9. The minimum Gasteiger partial charge on any atom is -0.508 e. The van der Waals surface area contributed by atoms with E-state index in [2.05, 4.69) is 30.6 Å². The number of nitrogens with one attached hydrogen (secondary N) is 5. The maximum absolute atomic E-state index is 14.5. The fraction of sp³-hybridized carbons (Fsp3) is 0.237. The van der Waals surface area contributed by atoms with Gasteiger partial charge < -0.3 is 103 Å². The lowest BCUT2D eigenvalue weighted by Crippen LogP contribution is -2.58. The molecule has 36 nitrogen and oxygen atoms in total. The van der Waals surface area contributed by atoms with Crippen molar-refractivity contribution in [3.63, 3.8) is 0 Å². The van der Waals surface area contributed by atoms with Crippen LogP contribution in [0.4, 0.5) is 17.1 Å². The van der Waals surface area contributed by atoms with Crippen LogP contribution in [-0.2, 0) is 35.3 Å². The predicted molar refractivity (Wildman–Crippen MR) is 256 cm³/mol. The molecule has 0 bridgehead atoms. The molecule has 6 unspecified atom stereocenters. The van der Waals surface area contributed by atoms with E-state index in [4.69, 9.17) is 56.3 Å². The molecule has 3 aromatic carbocycles. The van der Waals surface area contributed by atoms with Gasteiger partial charge in [-0.3, -0.25) is 49.0 Å². The molecule has 26 N–H and O–H groups in total. The first-order valence-corrected chi connectivity index (χ1v) is 20.3. The number of methoxy groups -OCH3 is 1. The van der Waals surface area contributed by atoms with Gasteiger partial charge >= 0.3 is 5.97 Å². The number of nitrogens with zero attached hydrogens (tertiary/aromatic N) is 7. The van der Waals surface area contributed by atoms with E-state index in [9.17, 15) is 69.1 Å². The van der Waals surface area contributed by atoms with Gasteiger partial charge in [-0.2, -0.15) is 0 Å². The summed E-state index contributed by atoms with van der Waals surface area (Å²) in [6.45, 7) is -2.23. The summed E-state index contributed by atoms with van der Waals surface area (Å²) in [4.78, 5) is 131. The van der Waals surface area contributed by atoms with Gasteiger partial charge in [-0.05, 0) is 23.8 Å². The molecule has 36 heteroatoms. The minimum atomic E-state index is -2.30. The van der Waals surface area contributed by atoms with Crippen molar-refractivity contribution in [3.05, 3.63) is 97.6 Å². The first kappa shape index (κ1) is 57.5. The number of nitro groups is 2. The zero-order valence-electron chi connectivity index (χ0n) is 38.2. The van der Waals surface area contributed by atoms with Crippen LogP contribution in [0.5, 0.6) is 11.5 Å². The van der Waals surface area contributed by atoms with E-state index >= 15 is 0 Å². The maximum atomic E-state index is 14.5. The minimum absolute atomic E-state index is 0.0723. The number of primary amides is 1. The fourth-order valence-electron chi connectivity index (χ4n) is 6.26. The number of aromatic carboxylic acids is 1. The number of benzene rings is 3. The number of amides is 6. The molecule has 0 aliphatic heterocycles. The number of carbonyl (C=O) groups excluding carboxylic acids is 6. The molecule has 6 atom stereocenters. The van der Waals surface area contributed by atoms with E-state index in [0.29, 0.717) is 17.0 Å². The van der Waals surface area contributed by atoms with E-state index in [1.807, 2.05) is 16.0 Å². The second kappa shape index (κ2) is 25.7. The van der Waals surface area contributed by atoms with Crippen molar-refractivity contribution >= 4 is 82.3 Å². The molecule has 0 aromatic heterocycles. The highest BCUT2D eigenvalue weighted by Gasteiger charge is 2.39. The third-order valence-corrected chi connectivity index (χ3v) is 9.40. The summed E-state index contributed by atoms with van der Waals surface area (Å²) < 4.78 is 5.19. The Morgan fingerprint density at radius 1 is 0.649 bits per heavy atom. The van der Waals surface area contributed by atoms with Crippen LogP contribution in [0.2, 0.25) is 0 Å². The molecule has 0 heterocycles. The molecule has 74 heavy (non-hydrogen) atoms. The lowest BCUT2D eigenvalue weighted by Gasteiger charge is -2.33. The SMILES string of the molecule is COc1ccc(O)c(CN(c2c(C(=O)O)cc([N+](=O)[O-])cc2[N+](=O)[O-])C(CO)C(=O)NC(C(=O)NC(N=C(N)N)C(=O)NC(N=C(N)N)C(=O)NC(N=C(N)N)C(=O)NC(N=C(N)N)C(N)=O)c2ccccc2)c1. The number of carbonyl (C=O) groups is 7. The number of phenolic OH excluding ortho intramolecular Hbond substituents is 1. The third-order valence-electron chi connectivity index (χ3n) is 9.40. The Bertz CT molecular complexity index is 2740. The van der Waals surface area contributed by atoms with Gasteiger partial charge in [0.15, 0.2) is 23.8 Å². The smallest absolute Gasteiger partial charge is 0.338 e. The van der Waals surface area contributed by atoms with Crippen LogP contribution in [-0.4, -0.2) is 135 Å². The van der Waals surface area contributed by atoms with Gasteiger partial charge in [0.25, 0.3) is 35.0 Å². The summed E-state index contributed by atoms with van der Waals surface area (Å²) in [7, 11) is 1.23. The molecular weight excluding hydrogens is 991 g/mol. The molecule has 3 rings (SSSR count). The molecular formula is C38H49N21O15. The Morgan fingerprint density at radius 2 is 1.12 bits per heavy atom. The summed E-state index contributed by atoms with van der Waals surface area (Å²) in [6, 6.07) is 7.03. The number of hydrogen-bond acceptors (Lipinski definition) is 19. The van der Waals surface area contributed by atoms with E-state index in [1.54, 1.807) is 0 Å². The largest absolute Gasteiger partial charge is 0.508 e. The third kappa shape index (κ3) is 15.9. The topological polar surface area (TPSA) is 623 Å². The monoisotopic (exact) mass is 1040 g/mol. The number of carboxylic acids is 1. The fourth-order valence-corrected chi connectivity index (χ4v) is 6.26. The molecule has 6 amide bonds. The van der Waals surface area contributed by atoms with Gasteiger partial charge in [-0.1, -0.05) is 30.3 Å². The van der Waals surface area contributed by atoms with Crippen LogP contribution in [0.1, 0.15) is 27.5 Å². The van der Waals surface area contributed by atoms with E-state index in [-0.39, 0.29) is 16.9 Å². The molecule has 0 saturated heterocycles. The molecule has 0 saturated carbocycles. The van der Waals surface area contributed by atoms with Gasteiger partial charge in [-0.15, -0.1) is 0 Å². The van der Waals surface area contributed by atoms with Crippen molar-refractivity contribution in [3.8, 4) is 11.5 Å². The number of aliphatic hydroxyl groups excluding tert-OH is 1. The Morgan fingerprint density at radius 3 is 1.54 bits per heavy atom. The van der Waals surface area contributed by atoms with Gasteiger partial charge in [0, 0.05) is 18.2 Å². The number of anilines is 1. The molecule has 0 aliphatic carbocycles. The first-order chi connectivity index (χ1) is 34.7. The predicted octanol–water partition coefficient (Wildman–Crippen LogP) is -7.51. The van der Waals surface area contributed by atoms with Gasteiger partial charge in [0.05, 0.1) is 35.2 Å². The number of aliphatic hydroxyl groups is 1. The quantitative estimate of drug-likeness (QED) is 0.0162. The average molecular weight is 1040 g/mol.